The molecule has 1 atom stereocenters. The average Bonchev–Trinajstić information content (AvgIpc) is 2.31. The summed E-state index contributed by atoms with van der Waals surface area (Å²) < 4.78 is 10.6. The second kappa shape index (κ2) is 11.3. The normalized spacial score (nSPS) is 13.8. The molecule has 0 fully saturated rings. The molecule has 108 valence electrons. The Bertz CT molecular complexity index is 220. The molecule has 0 aliphatic heterocycles. The SMILES string of the molecule is CN=C(NCCCOCC(C)C)NC(C)COC. The molecule has 2 N–H and O–H groups in total. The Kier molecular flexibility index (Phi) is 10.8. The van der Waals surface area contributed by atoms with E-state index < -0.39 is 0 Å². The number of hydrogen-bond acceptors (Lipinski definition) is 3. The van der Waals surface area contributed by atoms with E-state index >= 15 is 0 Å². The standard InChI is InChI=1S/C13H29N3O2/c1-11(2)9-18-8-6-7-15-13(14-4)16-12(3)10-17-5/h11-12H,6-10H2,1-5H3,(H2,14,15,16). The zero-order valence-electron chi connectivity index (χ0n) is 12.5. The van der Waals surface area contributed by atoms with E-state index in [1.165, 1.54) is 0 Å². The third-order valence-electron chi connectivity index (χ3n) is 2.23. The van der Waals surface area contributed by atoms with Crippen molar-refractivity contribution >= 4 is 5.96 Å². The predicted octanol–water partition coefficient (Wildman–Crippen LogP) is 1.25. The molecule has 5 heteroatoms. The summed E-state index contributed by atoms with van der Waals surface area (Å²) in [4.78, 5) is 4.15. The van der Waals surface area contributed by atoms with Crippen molar-refractivity contribution in [3.63, 3.8) is 0 Å². The van der Waals surface area contributed by atoms with Crippen molar-refractivity contribution in [3.05, 3.63) is 0 Å². The lowest BCUT2D eigenvalue weighted by molar-refractivity contribution is 0.108. The molecule has 0 rings (SSSR count). The third kappa shape index (κ3) is 10.4. The topological polar surface area (TPSA) is 54.9 Å². The summed E-state index contributed by atoms with van der Waals surface area (Å²) in [5.41, 5.74) is 0. The summed E-state index contributed by atoms with van der Waals surface area (Å²) in [6.07, 6.45) is 0.978. The zero-order chi connectivity index (χ0) is 13.8. The van der Waals surface area contributed by atoms with Crippen LogP contribution in [0.5, 0.6) is 0 Å². The highest BCUT2D eigenvalue weighted by Gasteiger charge is 2.03. The molecule has 0 aliphatic carbocycles. The Balaban J connectivity index is 3.57. The second-order valence-corrected chi connectivity index (χ2v) is 4.82. The molecule has 0 aromatic rings. The molecule has 0 aliphatic rings. The van der Waals surface area contributed by atoms with E-state index in [0.717, 1.165) is 32.1 Å². The van der Waals surface area contributed by atoms with E-state index in [1.54, 1.807) is 14.2 Å². The van der Waals surface area contributed by atoms with E-state index in [0.29, 0.717) is 12.5 Å². The number of methoxy groups -OCH3 is 1. The fourth-order valence-electron chi connectivity index (χ4n) is 1.42. The van der Waals surface area contributed by atoms with Gasteiger partial charge < -0.3 is 20.1 Å². The van der Waals surface area contributed by atoms with Gasteiger partial charge in [-0.05, 0) is 19.3 Å². The number of nitrogens with zero attached hydrogens (tertiary/aromatic N) is 1. The third-order valence-corrected chi connectivity index (χ3v) is 2.23. The summed E-state index contributed by atoms with van der Waals surface area (Å²) in [7, 11) is 3.46. The molecule has 0 aromatic heterocycles. The maximum Gasteiger partial charge on any atom is 0.191 e. The summed E-state index contributed by atoms with van der Waals surface area (Å²) in [5.74, 6) is 1.41. The Hall–Kier alpha value is -0.810. The lowest BCUT2D eigenvalue weighted by Crippen LogP contribution is -2.44. The molecule has 0 amide bonds. The van der Waals surface area contributed by atoms with Crippen molar-refractivity contribution in [2.75, 3.05) is 40.5 Å². The van der Waals surface area contributed by atoms with Crippen LogP contribution in [0, 0.1) is 5.92 Å². The van der Waals surface area contributed by atoms with Crippen LogP contribution in [0.1, 0.15) is 27.2 Å². The lowest BCUT2D eigenvalue weighted by Gasteiger charge is -2.17. The molecule has 0 radical (unpaired) electrons. The first-order valence-corrected chi connectivity index (χ1v) is 6.64. The van der Waals surface area contributed by atoms with Crippen molar-refractivity contribution in [2.45, 2.75) is 33.2 Å². The molecular formula is C13H29N3O2. The average molecular weight is 259 g/mol. The van der Waals surface area contributed by atoms with Crippen molar-refractivity contribution in [1.82, 2.24) is 10.6 Å². The van der Waals surface area contributed by atoms with Crippen molar-refractivity contribution < 1.29 is 9.47 Å². The van der Waals surface area contributed by atoms with E-state index in [1.807, 2.05) is 0 Å². The number of rotatable bonds is 9. The summed E-state index contributed by atoms with van der Waals surface area (Å²) in [6.45, 7) is 9.51. The van der Waals surface area contributed by atoms with Gasteiger partial charge in [0, 0.05) is 40.0 Å². The van der Waals surface area contributed by atoms with Crippen LogP contribution < -0.4 is 10.6 Å². The van der Waals surface area contributed by atoms with Gasteiger partial charge in [-0.25, -0.2) is 0 Å². The van der Waals surface area contributed by atoms with Gasteiger partial charge in [-0.15, -0.1) is 0 Å². The van der Waals surface area contributed by atoms with Gasteiger partial charge in [0.05, 0.1) is 6.61 Å². The monoisotopic (exact) mass is 259 g/mol. The number of ether oxygens (including phenoxy) is 2. The first-order valence-electron chi connectivity index (χ1n) is 6.64. The second-order valence-electron chi connectivity index (χ2n) is 4.82. The van der Waals surface area contributed by atoms with Gasteiger partial charge >= 0.3 is 0 Å². The fraction of sp³-hybridized carbons (Fsp3) is 0.923. The maximum atomic E-state index is 5.51. The Morgan fingerprint density at radius 1 is 1.22 bits per heavy atom. The first kappa shape index (κ1) is 17.2. The van der Waals surface area contributed by atoms with Gasteiger partial charge in [-0.1, -0.05) is 13.8 Å². The molecule has 0 bridgehead atoms. The number of aliphatic imine (C=N–C) groups is 1. The van der Waals surface area contributed by atoms with Gasteiger partial charge in [0.2, 0.25) is 0 Å². The molecule has 0 heterocycles. The highest BCUT2D eigenvalue weighted by molar-refractivity contribution is 5.79. The minimum atomic E-state index is 0.249. The van der Waals surface area contributed by atoms with E-state index in [2.05, 4.69) is 36.4 Å². The quantitative estimate of drug-likeness (QED) is 0.372. The zero-order valence-corrected chi connectivity index (χ0v) is 12.5. The molecule has 1 unspecified atom stereocenters. The van der Waals surface area contributed by atoms with Gasteiger partial charge in [0.25, 0.3) is 0 Å². The minimum absolute atomic E-state index is 0.249. The van der Waals surface area contributed by atoms with Gasteiger partial charge in [-0.2, -0.15) is 0 Å². The molecule has 0 saturated heterocycles. The Morgan fingerprint density at radius 3 is 2.50 bits per heavy atom. The van der Waals surface area contributed by atoms with Crippen LogP contribution >= 0.6 is 0 Å². The van der Waals surface area contributed by atoms with Gasteiger partial charge in [-0.3, -0.25) is 4.99 Å². The number of guanidine groups is 1. The minimum Gasteiger partial charge on any atom is -0.383 e. The van der Waals surface area contributed by atoms with Crippen molar-refractivity contribution in [3.8, 4) is 0 Å². The van der Waals surface area contributed by atoms with E-state index in [9.17, 15) is 0 Å². The van der Waals surface area contributed by atoms with Gasteiger partial charge in [0.15, 0.2) is 5.96 Å². The van der Waals surface area contributed by atoms with Crippen LogP contribution in [0.15, 0.2) is 4.99 Å². The molecule has 5 nitrogen and oxygen atoms in total. The first-order chi connectivity index (χ1) is 8.60. The number of nitrogens with one attached hydrogen (secondary N) is 2. The highest BCUT2D eigenvalue weighted by Crippen LogP contribution is 1.92. The van der Waals surface area contributed by atoms with E-state index in [-0.39, 0.29) is 6.04 Å². The predicted molar refractivity (Wildman–Crippen MR) is 76.1 cm³/mol. The molecule has 0 spiro atoms. The van der Waals surface area contributed by atoms with Crippen LogP contribution in [0.2, 0.25) is 0 Å². The van der Waals surface area contributed by atoms with Crippen LogP contribution in [0.25, 0.3) is 0 Å². The highest BCUT2D eigenvalue weighted by atomic mass is 16.5. The van der Waals surface area contributed by atoms with Crippen LogP contribution in [-0.4, -0.2) is 52.5 Å². The van der Waals surface area contributed by atoms with Crippen LogP contribution in [0.4, 0.5) is 0 Å². The van der Waals surface area contributed by atoms with Gasteiger partial charge in [0.1, 0.15) is 0 Å². The summed E-state index contributed by atoms with van der Waals surface area (Å²) in [6, 6.07) is 0.249. The largest absolute Gasteiger partial charge is 0.383 e. The summed E-state index contributed by atoms with van der Waals surface area (Å²) in [5, 5.41) is 6.50. The molecular weight excluding hydrogens is 230 g/mol. The molecule has 0 saturated carbocycles. The molecule has 0 aromatic carbocycles. The van der Waals surface area contributed by atoms with Crippen molar-refractivity contribution in [1.29, 1.82) is 0 Å². The van der Waals surface area contributed by atoms with E-state index in [4.69, 9.17) is 9.47 Å². The maximum absolute atomic E-state index is 5.51. The summed E-state index contributed by atoms with van der Waals surface area (Å²) >= 11 is 0. The van der Waals surface area contributed by atoms with Crippen LogP contribution in [-0.2, 0) is 9.47 Å². The Morgan fingerprint density at radius 2 is 1.94 bits per heavy atom. The number of hydrogen-bond donors (Lipinski definition) is 2. The van der Waals surface area contributed by atoms with Crippen LogP contribution in [0.3, 0.4) is 0 Å². The Labute approximate surface area is 111 Å². The fourth-order valence-corrected chi connectivity index (χ4v) is 1.42. The molecule has 18 heavy (non-hydrogen) atoms. The lowest BCUT2D eigenvalue weighted by atomic mass is 10.2. The van der Waals surface area contributed by atoms with Crippen molar-refractivity contribution in [2.24, 2.45) is 10.9 Å². The smallest absolute Gasteiger partial charge is 0.191 e.